The lowest BCUT2D eigenvalue weighted by Gasteiger charge is -1.92. The Kier molecular flexibility index (Phi) is 1.51. The third-order valence-corrected chi connectivity index (χ3v) is 1.31. The molecule has 1 radical (unpaired) electrons. The normalized spacial score (nSPS) is 18.1. The van der Waals surface area contributed by atoms with E-state index in [1.54, 1.807) is 0 Å². The first-order valence-electron chi connectivity index (χ1n) is 2.78. The maximum absolute atomic E-state index is 10.4. The zero-order chi connectivity index (χ0) is 5.98. The molecule has 1 saturated carbocycles. The highest BCUT2D eigenvalue weighted by atomic mass is 16.5. The SMILES string of the molecule is [CH2]OC(=O)CC1CC1. The summed E-state index contributed by atoms with van der Waals surface area (Å²) < 4.78 is 4.21. The van der Waals surface area contributed by atoms with Crippen LogP contribution < -0.4 is 0 Å². The van der Waals surface area contributed by atoms with Gasteiger partial charge in [0, 0.05) is 6.42 Å². The fourth-order valence-corrected chi connectivity index (χ4v) is 0.617. The van der Waals surface area contributed by atoms with Crippen molar-refractivity contribution in [2.45, 2.75) is 19.3 Å². The predicted octanol–water partition coefficient (Wildman–Crippen LogP) is 1.12. The summed E-state index contributed by atoms with van der Waals surface area (Å²) in [4.78, 5) is 10.4. The Morgan fingerprint density at radius 2 is 2.38 bits per heavy atom. The molecule has 0 saturated heterocycles. The van der Waals surface area contributed by atoms with Crippen LogP contribution in [0.3, 0.4) is 0 Å². The minimum Gasteiger partial charge on any atom is -0.462 e. The highest BCUT2D eigenvalue weighted by Gasteiger charge is 2.24. The number of ether oxygens (including phenoxy) is 1. The van der Waals surface area contributed by atoms with E-state index < -0.39 is 0 Å². The quantitative estimate of drug-likeness (QED) is 0.501. The maximum atomic E-state index is 10.4. The van der Waals surface area contributed by atoms with Gasteiger partial charge in [0.2, 0.25) is 0 Å². The molecule has 0 aromatic carbocycles. The third-order valence-electron chi connectivity index (χ3n) is 1.31. The molecule has 1 fully saturated rings. The molecule has 0 aliphatic heterocycles. The largest absolute Gasteiger partial charge is 0.462 e. The van der Waals surface area contributed by atoms with E-state index in [2.05, 4.69) is 11.8 Å². The number of hydrogen-bond donors (Lipinski definition) is 0. The van der Waals surface area contributed by atoms with E-state index >= 15 is 0 Å². The molecule has 8 heavy (non-hydrogen) atoms. The summed E-state index contributed by atoms with van der Waals surface area (Å²) >= 11 is 0. The van der Waals surface area contributed by atoms with Crippen LogP contribution in [0.2, 0.25) is 0 Å². The molecule has 1 rings (SSSR count). The molecule has 0 N–H and O–H groups in total. The van der Waals surface area contributed by atoms with Gasteiger partial charge >= 0.3 is 5.97 Å². The molecule has 0 amide bonds. The average Bonchev–Trinajstić information content (AvgIpc) is 2.50. The van der Waals surface area contributed by atoms with Crippen molar-refractivity contribution >= 4 is 5.97 Å². The van der Waals surface area contributed by atoms with Crippen LogP contribution in [0.1, 0.15) is 19.3 Å². The number of carbonyl (C=O) groups excluding carboxylic acids is 1. The summed E-state index contributed by atoms with van der Waals surface area (Å²) in [6.07, 6.45) is 2.95. The fourth-order valence-electron chi connectivity index (χ4n) is 0.617. The first kappa shape index (κ1) is 5.60. The van der Waals surface area contributed by atoms with Gasteiger partial charge in [-0.2, -0.15) is 0 Å². The molecule has 1 aliphatic rings. The van der Waals surface area contributed by atoms with Gasteiger partial charge in [0.15, 0.2) is 0 Å². The van der Waals surface area contributed by atoms with Gasteiger partial charge in [-0.25, -0.2) is 0 Å². The Labute approximate surface area is 48.8 Å². The second-order valence-electron chi connectivity index (χ2n) is 2.16. The van der Waals surface area contributed by atoms with E-state index in [-0.39, 0.29) is 5.97 Å². The molecular weight excluding hydrogens is 104 g/mol. The fraction of sp³-hybridized carbons (Fsp3) is 0.667. The van der Waals surface area contributed by atoms with Crippen molar-refractivity contribution in [2.24, 2.45) is 5.92 Å². The number of hydrogen-bond acceptors (Lipinski definition) is 2. The van der Waals surface area contributed by atoms with E-state index in [4.69, 9.17) is 0 Å². The van der Waals surface area contributed by atoms with Crippen molar-refractivity contribution in [2.75, 3.05) is 0 Å². The Morgan fingerprint density at radius 3 is 2.75 bits per heavy atom. The zero-order valence-corrected chi connectivity index (χ0v) is 4.72. The molecule has 0 bridgehead atoms. The maximum Gasteiger partial charge on any atom is 0.306 e. The van der Waals surface area contributed by atoms with E-state index in [0.717, 1.165) is 0 Å². The zero-order valence-electron chi connectivity index (χ0n) is 4.72. The summed E-state index contributed by atoms with van der Waals surface area (Å²) in [5.74, 6) is 0.441. The Balaban J connectivity index is 2.07. The summed E-state index contributed by atoms with van der Waals surface area (Å²) in [7, 11) is 3.02. The average molecular weight is 113 g/mol. The minimum atomic E-state index is -0.174. The smallest absolute Gasteiger partial charge is 0.306 e. The van der Waals surface area contributed by atoms with Crippen molar-refractivity contribution in [3.63, 3.8) is 0 Å². The van der Waals surface area contributed by atoms with Crippen LogP contribution in [0.5, 0.6) is 0 Å². The number of rotatable bonds is 2. The van der Waals surface area contributed by atoms with Crippen molar-refractivity contribution in [3.8, 4) is 0 Å². The van der Waals surface area contributed by atoms with Crippen LogP contribution in [0.4, 0.5) is 0 Å². The van der Waals surface area contributed by atoms with Crippen LogP contribution >= 0.6 is 0 Å². The Morgan fingerprint density at radius 1 is 1.75 bits per heavy atom. The van der Waals surface area contributed by atoms with Gasteiger partial charge in [-0.3, -0.25) is 4.79 Å². The van der Waals surface area contributed by atoms with E-state index in [0.29, 0.717) is 12.3 Å². The summed E-state index contributed by atoms with van der Waals surface area (Å²) in [5, 5.41) is 0. The lowest BCUT2D eigenvalue weighted by Crippen LogP contribution is -1.98. The first-order valence-corrected chi connectivity index (χ1v) is 2.78. The van der Waals surface area contributed by atoms with Crippen LogP contribution in [-0.2, 0) is 9.53 Å². The molecular formula is C6H9O2. The van der Waals surface area contributed by atoms with Gasteiger partial charge in [-0.05, 0) is 18.8 Å². The van der Waals surface area contributed by atoms with Gasteiger partial charge < -0.3 is 4.74 Å². The van der Waals surface area contributed by atoms with Crippen LogP contribution in [0.15, 0.2) is 0 Å². The highest BCUT2D eigenvalue weighted by molar-refractivity contribution is 5.70. The topological polar surface area (TPSA) is 26.3 Å². The molecule has 0 atom stereocenters. The van der Waals surface area contributed by atoms with Gasteiger partial charge in [0.05, 0.1) is 0 Å². The van der Waals surface area contributed by atoms with Crippen molar-refractivity contribution in [3.05, 3.63) is 7.11 Å². The van der Waals surface area contributed by atoms with Crippen molar-refractivity contribution in [1.82, 2.24) is 0 Å². The van der Waals surface area contributed by atoms with Gasteiger partial charge in [-0.1, -0.05) is 0 Å². The van der Waals surface area contributed by atoms with Gasteiger partial charge in [0.25, 0.3) is 0 Å². The molecule has 0 spiro atoms. The number of esters is 1. The molecule has 1 aliphatic carbocycles. The van der Waals surface area contributed by atoms with Crippen LogP contribution in [0, 0.1) is 13.0 Å². The van der Waals surface area contributed by atoms with E-state index in [1.165, 1.54) is 12.8 Å². The predicted molar refractivity (Wildman–Crippen MR) is 28.8 cm³/mol. The summed E-state index contributed by atoms with van der Waals surface area (Å²) in [6, 6.07) is 0. The highest BCUT2D eigenvalue weighted by Crippen LogP contribution is 2.32. The molecule has 0 heterocycles. The number of carbonyl (C=O) groups is 1. The molecule has 2 nitrogen and oxygen atoms in total. The molecule has 0 aromatic heterocycles. The summed E-state index contributed by atoms with van der Waals surface area (Å²) in [5.41, 5.74) is 0. The molecule has 45 valence electrons. The van der Waals surface area contributed by atoms with Crippen molar-refractivity contribution < 1.29 is 9.53 Å². The van der Waals surface area contributed by atoms with Gasteiger partial charge in [0.1, 0.15) is 7.11 Å². The van der Waals surface area contributed by atoms with Crippen LogP contribution in [0.25, 0.3) is 0 Å². The standard InChI is InChI=1S/C6H9O2/c1-8-6(7)4-5-2-3-5/h5H,1-4H2. The molecule has 0 unspecified atom stereocenters. The van der Waals surface area contributed by atoms with Crippen molar-refractivity contribution in [1.29, 1.82) is 0 Å². The van der Waals surface area contributed by atoms with E-state index in [9.17, 15) is 4.79 Å². The van der Waals surface area contributed by atoms with Gasteiger partial charge in [-0.15, -0.1) is 0 Å². The summed E-state index contributed by atoms with van der Waals surface area (Å²) in [6.45, 7) is 0. The van der Waals surface area contributed by atoms with Crippen LogP contribution in [-0.4, -0.2) is 5.97 Å². The minimum absolute atomic E-state index is 0.174. The molecule has 0 aromatic rings. The Bertz CT molecular complexity index is 94.7. The Hall–Kier alpha value is -0.530. The lowest BCUT2D eigenvalue weighted by atomic mass is 10.3. The third kappa shape index (κ3) is 1.52. The lowest BCUT2D eigenvalue weighted by molar-refractivity contribution is -0.138. The molecule has 2 heteroatoms. The van der Waals surface area contributed by atoms with E-state index in [1.807, 2.05) is 0 Å². The first-order chi connectivity index (χ1) is 3.83. The monoisotopic (exact) mass is 113 g/mol. The second-order valence-corrected chi connectivity index (χ2v) is 2.16. The second kappa shape index (κ2) is 2.16.